The van der Waals surface area contributed by atoms with Crippen molar-refractivity contribution in [2.24, 2.45) is 11.8 Å². The van der Waals surface area contributed by atoms with Gasteiger partial charge < -0.3 is 10.2 Å². The molecule has 6 heteroatoms. The van der Waals surface area contributed by atoms with Crippen LogP contribution in [0.2, 0.25) is 0 Å². The summed E-state index contributed by atoms with van der Waals surface area (Å²) in [6.45, 7) is 5.48. The van der Waals surface area contributed by atoms with Crippen LogP contribution in [-0.2, 0) is 21.5 Å². The molecule has 2 saturated heterocycles. The second-order valence-corrected chi connectivity index (χ2v) is 8.13. The predicted octanol–water partition coefficient (Wildman–Crippen LogP) is 1.88. The van der Waals surface area contributed by atoms with E-state index in [1.807, 2.05) is 24.3 Å². The van der Waals surface area contributed by atoms with E-state index in [1.165, 1.54) is 0 Å². The van der Waals surface area contributed by atoms with Crippen molar-refractivity contribution < 1.29 is 14.4 Å². The highest BCUT2D eigenvalue weighted by Crippen LogP contribution is 2.41. The Bertz CT molecular complexity index is 767. The Morgan fingerprint density at radius 3 is 2.62 bits per heavy atom. The van der Waals surface area contributed by atoms with E-state index in [1.54, 1.807) is 4.90 Å². The van der Waals surface area contributed by atoms with Gasteiger partial charge in [0.1, 0.15) is 12.1 Å². The second-order valence-electron chi connectivity index (χ2n) is 8.13. The highest BCUT2D eigenvalue weighted by molar-refractivity contribution is 6.09. The third kappa shape index (κ3) is 2.59. The van der Waals surface area contributed by atoms with Gasteiger partial charge in [0.05, 0.1) is 0 Å². The van der Waals surface area contributed by atoms with Crippen molar-refractivity contribution in [1.82, 2.24) is 15.1 Å². The molecule has 138 valence electrons. The van der Waals surface area contributed by atoms with Crippen LogP contribution in [0.25, 0.3) is 0 Å². The van der Waals surface area contributed by atoms with Crippen LogP contribution in [-0.4, -0.2) is 47.3 Å². The first-order valence-electron chi connectivity index (χ1n) is 9.41. The number of hydrogen-bond acceptors (Lipinski definition) is 3. The molecule has 3 atom stereocenters. The van der Waals surface area contributed by atoms with Crippen molar-refractivity contribution in [3.8, 4) is 0 Å². The highest BCUT2D eigenvalue weighted by Gasteiger charge is 2.55. The molecule has 2 fully saturated rings. The van der Waals surface area contributed by atoms with Gasteiger partial charge >= 0.3 is 6.03 Å². The molecule has 1 aromatic carbocycles. The predicted molar refractivity (Wildman–Crippen MR) is 96.2 cm³/mol. The molecule has 0 unspecified atom stereocenters. The topological polar surface area (TPSA) is 69.7 Å². The minimum Gasteiger partial charge on any atom is -0.341 e. The van der Waals surface area contributed by atoms with Crippen LogP contribution in [0.1, 0.15) is 37.8 Å². The summed E-state index contributed by atoms with van der Waals surface area (Å²) in [6.07, 6.45) is 2.41. The smallest absolute Gasteiger partial charge is 0.325 e. The van der Waals surface area contributed by atoms with Crippen LogP contribution in [0.4, 0.5) is 4.79 Å². The average molecular weight is 355 g/mol. The third-order valence-corrected chi connectivity index (χ3v) is 5.94. The van der Waals surface area contributed by atoms with Crippen molar-refractivity contribution in [3.63, 3.8) is 0 Å². The van der Waals surface area contributed by atoms with Gasteiger partial charge in [-0.25, -0.2) is 4.79 Å². The number of likely N-dealkylation sites (tertiary alicyclic amines) is 1. The van der Waals surface area contributed by atoms with Crippen molar-refractivity contribution in [3.05, 3.63) is 35.4 Å². The number of nitrogens with zero attached hydrogens (tertiary/aromatic N) is 2. The highest BCUT2D eigenvalue weighted by atomic mass is 16.2. The lowest BCUT2D eigenvalue weighted by Gasteiger charge is -2.35. The Kier molecular flexibility index (Phi) is 4.01. The molecule has 2 aliphatic heterocycles. The summed E-state index contributed by atoms with van der Waals surface area (Å²) in [5.41, 5.74) is 0.970. The number of carbonyl (C=O) groups excluding carboxylic acids is 3. The van der Waals surface area contributed by atoms with Crippen LogP contribution in [0, 0.1) is 11.8 Å². The minimum absolute atomic E-state index is 0.143. The van der Waals surface area contributed by atoms with Crippen molar-refractivity contribution in [2.75, 3.05) is 19.6 Å². The molecule has 1 aliphatic carbocycles. The largest absolute Gasteiger partial charge is 0.341 e. The fourth-order valence-electron chi connectivity index (χ4n) is 4.84. The minimum atomic E-state index is -0.990. The first-order chi connectivity index (χ1) is 12.4. The number of rotatable bonds is 2. The number of aryl methyl sites for hydroxylation is 1. The molecule has 0 radical (unpaired) electrons. The van der Waals surface area contributed by atoms with Crippen molar-refractivity contribution in [1.29, 1.82) is 0 Å². The number of imide groups is 1. The molecule has 6 nitrogen and oxygen atoms in total. The summed E-state index contributed by atoms with van der Waals surface area (Å²) in [5, 5.41) is 2.88. The lowest BCUT2D eigenvalue weighted by atomic mass is 9.91. The van der Waals surface area contributed by atoms with Gasteiger partial charge in [-0.1, -0.05) is 38.1 Å². The summed E-state index contributed by atoms with van der Waals surface area (Å²) in [6, 6.07) is 7.26. The Balaban J connectivity index is 1.53. The van der Waals surface area contributed by atoms with Crippen LogP contribution < -0.4 is 5.32 Å². The molecule has 2 heterocycles. The Morgan fingerprint density at radius 2 is 1.88 bits per heavy atom. The van der Waals surface area contributed by atoms with Crippen LogP contribution in [0.15, 0.2) is 24.3 Å². The maximum Gasteiger partial charge on any atom is 0.325 e. The molecule has 0 saturated carbocycles. The van der Waals surface area contributed by atoms with Gasteiger partial charge in [-0.3, -0.25) is 14.5 Å². The van der Waals surface area contributed by atoms with Gasteiger partial charge in [0, 0.05) is 13.1 Å². The third-order valence-electron chi connectivity index (χ3n) is 5.94. The van der Waals surface area contributed by atoms with E-state index < -0.39 is 11.6 Å². The molecule has 4 amide bonds. The maximum atomic E-state index is 13.1. The van der Waals surface area contributed by atoms with E-state index in [0.29, 0.717) is 31.3 Å². The lowest BCUT2D eigenvalue weighted by Crippen LogP contribution is -2.48. The fraction of sp³-hybridized carbons (Fsp3) is 0.550. The maximum absolute atomic E-state index is 13.1. The summed E-state index contributed by atoms with van der Waals surface area (Å²) >= 11 is 0. The Labute approximate surface area is 153 Å². The van der Waals surface area contributed by atoms with Crippen molar-refractivity contribution >= 4 is 17.8 Å². The molecular formula is C20H25N3O3. The van der Waals surface area contributed by atoms with Gasteiger partial charge in [-0.05, 0) is 42.2 Å². The van der Waals surface area contributed by atoms with E-state index in [2.05, 4.69) is 19.2 Å². The van der Waals surface area contributed by atoms with Crippen LogP contribution in [0.5, 0.6) is 0 Å². The molecule has 0 aromatic heterocycles. The van der Waals surface area contributed by atoms with E-state index in [9.17, 15) is 14.4 Å². The molecule has 26 heavy (non-hydrogen) atoms. The molecule has 4 rings (SSSR count). The van der Waals surface area contributed by atoms with E-state index >= 15 is 0 Å². The Hall–Kier alpha value is -2.37. The summed E-state index contributed by atoms with van der Waals surface area (Å²) in [5.74, 6) is 0.451. The monoisotopic (exact) mass is 355 g/mol. The molecular weight excluding hydrogens is 330 g/mol. The SMILES string of the molecule is C[C@H]1C[C@H](C)CN(C(=O)CN2C(=O)N[C@@]3(CCc4ccccc43)C2=O)C1. The first-order valence-corrected chi connectivity index (χ1v) is 9.41. The van der Waals surface area contributed by atoms with Crippen LogP contribution in [0.3, 0.4) is 0 Å². The first kappa shape index (κ1) is 17.1. The average Bonchev–Trinajstić information content (AvgIpc) is 3.08. The zero-order chi connectivity index (χ0) is 18.5. The molecule has 1 aromatic rings. The van der Waals surface area contributed by atoms with Gasteiger partial charge in [-0.2, -0.15) is 0 Å². The zero-order valence-electron chi connectivity index (χ0n) is 15.3. The molecule has 1 N–H and O–H groups in total. The van der Waals surface area contributed by atoms with Gasteiger partial charge in [0.2, 0.25) is 5.91 Å². The molecule has 3 aliphatic rings. The fourth-order valence-corrected chi connectivity index (χ4v) is 4.84. The lowest BCUT2D eigenvalue weighted by molar-refractivity contribution is -0.140. The summed E-state index contributed by atoms with van der Waals surface area (Å²) in [7, 11) is 0. The number of benzene rings is 1. The van der Waals surface area contributed by atoms with E-state index in [4.69, 9.17) is 0 Å². The number of nitrogens with one attached hydrogen (secondary N) is 1. The van der Waals surface area contributed by atoms with E-state index in [0.717, 1.165) is 28.9 Å². The molecule has 1 spiro atoms. The summed E-state index contributed by atoms with van der Waals surface area (Å²) < 4.78 is 0. The normalized spacial score (nSPS) is 30.7. The van der Waals surface area contributed by atoms with Gasteiger partial charge in [0.25, 0.3) is 5.91 Å². The number of piperidine rings is 1. The van der Waals surface area contributed by atoms with E-state index in [-0.39, 0.29) is 18.4 Å². The van der Waals surface area contributed by atoms with Gasteiger partial charge in [-0.15, -0.1) is 0 Å². The molecule has 0 bridgehead atoms. The Morgan fingerprint density at radius 1 is 1.19 bits per heavy atom. The number of hydrogen-bond donors (Lipinski definition) is 1. The van der Waals surface area contributed by atoms with Crippen molar-refractivity contribution in [2.45, 2.75) is 38.6 Å². The van der Waals surface area contributed by atoms with Crippen LogP contribution >= 0.6 is 0 Å². The second kappa shape index (κ2) is 6.11. The quantitative estimate of drug-likeness (QED) is 0.824. The number of carbonyl (C=O) groups is 3. The van der Waals surface area contributed by atoms with Gasteiger partial charge in [0.15, 0.2) is 0 Å². The number of urea groups is 1. The summed E-state index contributed by atoms with van der Waals surface area (Å²) in [4.78, 5) is 41.3. The number of fused-ring (bicyclic) bond motifs is 2. The zero-order valence-corrected chi connectivity index (χ0v) is 15.3. The standard InChI is InChI=1S/C20H25N3O3/c1-13-9-14(2)11-22(10-13)17(24)12-23-18(25)20(21-19(23)26)8-7-15-5-3-4-6-16(15)20/h3-6,13-14H,7-12H2,1-2H3,(H,21,26)/t13-,14-,20+/m0/s1. The number of amides is 4.